The van der Waals surface area contributed by atoms with Crippen LogP contribution in [0.3, 0.4) is 0 Å². The monoisotopic (exact) mass is 399 g/mol. The molecule has 0 saturated heterocycles. The molecule has 28 heavy (non-hydrogen) atoms. The van der Waals surface area contributed by atoms with E-state index in [0.717, 1.165) is 12.1 Å². The average Bonchev–Trinajstić information content (AvgIpc) is 2.68. The number of rotatable bonds is 6. The van der Waals surface area contributed by atoms with Gasteiger partial charge in [0.05, 0.1) is 17.2 Å². The van der Waals surface area contributed by atoms with Gasteiger partial charge < -0.3 is 10.2 Å². The van der Waals surface area contributed by atoms with Crippen LogP contribution in [0.5, 0.6) is 0 Å². The predicted molar refractivity (Wildman–Crippen MR) is 101 cm³/mol. The summed E-state index contributed by atoms with van der Waals surface area (Å²) in [6, 6.07) is 13.1. The summed E-state index contributed by atoms with van der Waals surface area (Å²) in [5.41, 5.74) is -0.536. The first kappa shape index (κ1) is 19.7. The number of nitrogens with zero attached hydrogens (tertiary/aromatic N) is 1. The van der Waals surface area contributed by atoms with E-state index in [-0.39, 0.29) is 17.5 Å². The number of benzene rings is 2. The standard InChI is InChI=1S/C21H15ClFNO4/c22-13-6-4-12(5-7-13)20(26)16-9-8-15(21(27)28)18(19(16)23)17(25)11-14-3-1-2-10-24-14/h1-10,17,25H,11H2,(H,27,28). The van der Waals surface area contributed by atoms with Crippen molar-refractivity contribution in [1.82, 2.24) is 4.98 Å². The van der Waals surface area contributed by atoms with Crippen LogP contribution in [0, 0.1) is 5.82 Å². The van der Waals surface area contributed by atoms with Gasteiger partial charge in [0.2, 0.25) is 0 Å². The van der Waals surface area contributed by atoms with E-state index in [0.29, 0.717) is 10.7 Å². The normalized spacial score (nSPS) is 11.8. The maximum atomic E-state index is 15.2. The number of aromatic carboxylic acids is 1. The number of aliphatic hydroxyl groups excluding tert-OH is 1. The molecule has 0 aliphatic carbocycles. The minimum absolute atomic E-state index is 0.101. The summed E-state index contributed by atoms with van der Waals surface area (Å²) in [7, 11) is 0. The Balaban J connectivity index is 2.04. The van der Waals surface area contributed by atoms with E-state index in [2.05, 4.69) is 4.98 Å². The number of carbonyl (C=O) groups excluding carboxylic acids is 1. The van der Waals surface area contributed by atoms with Gasteiger partial charge in [-0.2, -0.15) is 0 Å². The van der Waals surface area contributed by atoms with Crippen LogP contribution in [0.15, 0.2) is 60.8 Å². The zero-order chi connectivity index (χ0) is 20.3. The zero-order valence-corrected chi connectivity index (χ0v) is 15.2. The summed E-state index contributed by atoms with van der Waals surface area (Å²) in [4.78, 5) is 28.2. The largest absolute Gasteiger partial charge is 0.478 e. The molecule has 142 valence electrons. The Hall–Kier alpha value is -3.09. The minimum atomic E-state index is -1.49. The summed E-state index contributed by atoms with van der Waals surface area (Å²) in [5, 5.41) is 20.3. The molecule has 1 aromatic heterocycles. The Bertz CT molecular complexity index is 1020. The van der Waals surface area contributed by atoms with Crippen LogP contribution >= 0.6 is 11.6 Å². The second-order valence-corrected chi connectivity index (χ2v) is 6.51. The molecule has 0 amide bonds. The molecule has 0 fully saturated rings. The molecule has 7 heteroatoms. The number of carbonyl (C=O) groups is 2. The van der Waals surface area contributed by atoms with E-state index in [1.54, 1.807) is 18.2 Å². The predicted octanol–water partition coefficient (Wildman–Crippen LogP) is 4.08. The molecule has 0 aliphatic heterocycles. The zero-order valence-electron chi connectivity index (χ0n) is 14.5. The first-order valence-corrected chi connectivity index (χ1v) is 8.70. The number of pyridine rings is 1. The van der Waals surface area contributed by atoms with Gasteiger partial charge in [0.25, 0.3) is 0 Å². The number of ketones is 1. The van der Waals surface area contributed by atoms with E-state index in [9.17, 15) is 19.8 Å². The molecule has 3 rings (SSSR count). The van der Waals surface area contributed by atoms with Crippen molar-refractivity contribution in [2.45, 2.75) is 12.5 Å². The van der Waals surface area contributed by atoms with Gasteiger partial charge in [0.15, 0.2) is 5.78 Å². The summed E-state index contributed by atoms with van der Waals surface area (Å²) in [6.07, 6.45) is -0.0767. The van der Waals surface area contributed by atoms with E-state index in [4.69, 9.17) is 11.6 Å². The van der Waals surface area contributed by atoms with Gasteiger partial charge in [-0.05, 0) is 48.5 Å². The van der Waals surface area contributed by atoms with Gasteiger partial charge in [0.1, 0.15) is 5.82 Å². The van der Waals surface area contributed by atoms with Crippen LogP contribution < -0.4 is 0 Å². The third-order valence-corrected chi connectivity index (χ3v) is 4.48. The van der Waals surface area contributed by atoms with Crippen molar-refractivity contribution in [3.63, 3.8) is 0 Å². The van der Waals surface area contributed by atoms with Crippen molar-refractivity contribution in [3.05, 3.63) is 99.6 Å². The summed E-state index contributed by atoms with van der Waals surface area (Å²) in [5.74, 6) is -3.11. The second kappa shape index (κ2) is 8.29. The molecule has 1 heterocycles. The Kier molecular flexibility index (Phi) is 5.82. The Morgan fingerprint density at radius 2 is 1.71 bits per heavy atom. The molecule has 0 spiro atoms. The van der Waals surface area contributed by atoms with Gasteiger partial charge >= 0.3 is 5.97 Å². The molecule has 0 radical (unpaired) electrons. The van der Waals surface area contributed by atoms with Gasteiger partial charge in [0, 0.05) is 34.5 Å². The molecular formula is C21H15ClFNO4. The third kappa shape index (κ3) is 4.08. The van der Waals surface area contributed by atoms with Crippen LogP contribution in [0.1, 0.15) is 43.6 Å². The highest BCUT2D eigenvalue weighted by Crippen LogP contribution is 2.28. The number of carboxylic acids is 1. The highest BCUT2D eigenvalue weighted by Gasteiger charge is 2.27. The van der Waals surface area contributed by atoms with Crippen LogP contribution in [-0.4, -0.2) is 26.9 Å². The number of carboxylic acid groups (broad SMARTS) is 1. The fraction of sp³-hybridized carbons (Fsp3) is 0.0952. The highest BCUT2D eigenvalue weighted by atomic mass is 35.5. The minimum Gasteiger partial charge on any atom is -0.478 e. The van der Waals surface area contributed by atoms with Gasteiger partial charge in [-0.25, -0.2) is 9.18 Å². The topological polar surface area (TPSA) is 87.5 Å². The van der Waals surface area contributed by atoms with Gasteiger partial charge in [-0.15, -0.1) is 0 Å². The van der Waals surface area contributed by atoms with Crippen molar-refractivity contribution in [1.29, 1.82) is 0 Å². The van der Waals surface area contributed by atoms with E-state index < -0.39 is 34.8 Å². The average molecular weight is 400 g/mol. The van der Waals surface area contributed by atoms with Gasteiger partial charge in [-0.1, -0.05) is 17.7 Å². The first-order valence-electron chi connectivity index (χ1n) is 8.32. The van der Waals surface area contributed by atoms with Crippen LogP contribution in [0.2, 0.25) is 5.02 Å². The smallest absolute Gasteiger partial charge is 0.336 e. The molecule has 2 aromatic carbocycles. The van der Waals surface area contributed by atoms with E-state index in [1.165, 1.54) is 30.5 Å². The van der Waals surface area contributed by atoms with Crippen molar-refractivity contribution in [3.8, 4) is 0 Å². The lowest BCUT2D eigenvalue weighted by molar-refractivity contribution is 0.0686. The maximum absolute atomic E-state index is 15.2. The van der Waals surface area contributed by atoms with Crippen molar-refractivity contribution in [2.24, 2.45) is 0 Å². The number of hydrogen-bond acceptors (Lipinski definition) is 4. The Labute approximate surface area is 165 Å². The molecule has 0 saturated carbocycles. The number of halogens is 2. The lowest BCUT2D eigenvalue weighted by atomic mass is 9.92. The fourth-order valence-electron chi connectivity index (χ4n) is 2.86. The molecule has 5 nitrogen and oxygen atoms in total. The first-order chi connectivity index (χ1) is 13.4. The third-order valence-electron chi connectivity index (χ3n) is 4.22. The molecule has 0 bridgehead atoms. The summed E-state index contributed by atoms with van der Waals surface area (Å²) in [6.45, 7) is 0. The Morgan fingerprint density at radius 1 is 1.04 bits per heavy atom. The van der Waals surface area contributed by atoms with Crippen molar-refractivity contribution in [2.75, 3.05) is 0 Å². The quantitative estimate of drug-likeness (QED) is 0.610. The summed E-state index contributed by atoms with van der Waals surface area (Å²) < 4.78 is 15.2. The summed E-state index contributed by atoms with van der Waals surface area (Å²) >= 11 is 5.80. The maximum Gasteiger partial charge on any atom is 0.336 e. The molecule has 1 unspecified atom stereocenters. The molecular weight excluding hydrogens is 385 g/mol. The SMILES string of the molecule is O=C(c1ccc(Cl)cc1)c1ccc(C(=O)O)c(C(O)Cc2ccccn2)c1F. The lowest BCUT2D eigenvalue weighted by Gasteiger charge is -2.16. The number of aliphatic hydroxyl groups is 1. The second-order valence-electron chi connectivity index (χ2n) is 6.07. The highest BCUT2D eigenvalue weighted by molar-refractivity contribution is 6.30. The van der Waals surface area contributed by atoms with E-state index >= 15 is 4.39 Å². The molecule has 2 N–H and O–H groups in total. The molecule has 0 aliphatic rings. The van der Waals surface area contributed by atoms with Crippen LogP contribution in [0.25, 0.3) is 0 Å². The number of aromatic nitrogens is 1. The number of hydrogen-bond donors (Lipinski definition) is 2. The Morgan fingerprint density at radius 3 is 2.32 bits per heavy atom. The van der Waals surface area contributed by atoms with Crippen molar-refractivity contribution >= 4 is 23.4 Å². The molecule has 1 atom stereocenters. The lowest BCUT2D eigenvalue weighted by Crippen LogP contribution is -2.16. The van der Waals surface area contributed by atoms with Crippen LogP contribution in [0.4, 0.5) is 4.39 Å². The van der Waals surface area contributed by atoms with E-state index in [1.807, 2.05) is 0 Å². The van der Waals surface area contributed by atoms with Crippen molar-refractivity contribution < 1.29 is 24.2 Å². The fourth-order valence-corrected chi connectivity index (χ4v) is 2.98. The van der Waals surface area contributed by atoms with Crippen LogP contribution in [-0.2, 0) is 6.42 Å². The van der Waals surface area contributed by atoms with Gasteiger partial charge in [-0.3, -0.25) is 9.78 Å². The molecule has 3 aromatic rings.